The van der Waals surface area contributed by atoms with E-state index in [9.17, 15) is 14.4 Å². The third-order valence-electron chi connectivity index (χ3n) is 5.95. The van der Waals surface area contributed by atoms with Gasteiger partial charge >= 0.3 is 0 Å². The van der Waals surface area contributed by atoms with Crippen molar-refractivity contribution in [3.05, 3.63) is 65.7 Å². The Kier molecular flexibility index (Phi) is 8.60. The Morgan fingerprint density at radius 1 is 0.970 bits per heavy atom. The van der Waals surface area contributed by atoms with Crippen LogP contribution in [0.3, 0.4) is 0 Å². The summed E-state index contributed by atoms with van der Waals surface area (Å²) in [6.45, 7) is 4.60. The number of rotatable bonds is 8. The van der Waals surface area contributed by atoms with E-state index in [1.54, 1.807) is 38.4 Å². The van der Waals surface area contributed by atoms with Crippen LogP contribution in [0.25, 0.3) is 0 Å². The van der Waals surface area contributed by atoms with E-state index < -0.39 is 0 Å². The topological polar surface area (TPSA) is 73.0 Å². The molecule has 0 aromatic heterocycles. The van der Waals surface area contributed by atoms with Gasteiger partial charge in [0.05, 0.1) is 6.54 Å². The van der Waals surface area contributed by atoms with Crippen LogP contribution in [-0.2, 0) is 4.79 Å². The maximum atomic E-state index is 12.8. The lowest BCUT2D eigenvalue weighted by atomic mass is 10.0. The molecular formula is C26H34N4O3. The molecule has 7 heteroatoms. The summed E-state index contributed by atoms with van der Waals surface area (Å²) in [6.07, 6.45) is 2.64. The van der Waals surface area contributed by atoms with Gasteiger partial charge in [-0.3, -0.25) is 19.3 Å². The summed E-state index contributed by atoms with van der Waals surface area (Å²) in [4.78, 5) is 43.4. The van der Waals surface area contributed by atoms with Gasteiger partial charge in [-0.1, -0.05) is 31.2 Å². The Balaban J connectivity index is 1.56. The third kappa shape index (κ3) is 6.65. The van der Waals surface area contributed by atoms with Crippen molar-refractivity contribution in [1.29, 1.82) is 0 Å². The van der Waals surface area contributed by atoms with Crippen LogP contribution in [0, 0.1) is 0 Å². The first-order valence-corrected chi connectivity index (χ1v) is 11.6. The fourth-order valence-corrected chi connectivity index (χ4v) is 4.25. The van der Waals surface area contributed by atoms with Crippen LogP contribution in [0.2, 0.25) is 0 Å². The largest absolute Gasteiger partial charge is 0.345 e. The smallest absolute Gasteiger partial charge is 0.253 e. The predicted molar refractivity (Wildman–Crippen MR) is 130 cm³/mol. The maximum absolute atomic E-state index is 12.8. The van der Waals surface area contributed by atoms with E-state index in [0.29, 0.717) is 24.3 Å². The summed E-state index contributed by atoms with van der Waals surface area (Å²) in [6, 6.07) is 16.7. The number of nitrogens with zero attached hydrogens (tertiary/aromatic N) is 3. The Morgan fingerprint density at radius 3 is 2.27 bits per heavy atom. The molecule has 33 heavy (non-hydrogen) atoms. The van der Waals surface area contributed by atoms with Gasteiger partial charge in [-0.2, -0.15) is 0 Å². The zero-order valence-corrected chi connectivity index (χ0v) is 19.8. The second kappa shape index (κ2) is 11.6. The Morgan fingerprint density at radius 2 is 1.64 bits per heavy atom. The Labute approximate surface area is 196 Å². The van der Waals surface area contributed by atoms with Gasteiger partial charge in [-0.25, -0.2) is 0 Å². The van der Waals surface area contributed by atoms with Crippen LogP contribution in [0.15, 0.2) is 54.6 Å². The summed E-state index contributed by atoms with van der Waals surface area (Å²) in [7, 11) is 3.41. The van der Waals surface area contributed by atoms with Gasteiger partial charge in [0.15, 0.2) is 0 Å². The fraction of sp³-hybridized carbons (Fsp3) is 0.423. The normalized spacial score (nSPS) is 14.2. The minimum atomic E-state index is -0.101. The number of benzene rings is 2. The number of hydrogen-bond donors (Lipinski definition) is 1. The Bertz CT molecular complexity index is 953. The molecular weight excluding hydrogens is 416 g/mol. The molecule has 1 saturated heterocycles. The van der Waals surface area contributed by atoms with Crippen molar-refractivity contribution in [3.63, 3.8) is 0 Å². The summed E-state index contributed by atoms with van der Waals surface area (Å²) in [5.41, 5.74) is 1.88. The quantitative estimate of drug-likeness (QED) is 0.670. The van der Waals surface area contributed by atoms with Gasteiger partial charge in [0.1, 0.15) is 0 Å². The van der Waals surface area contributed by atoms with Gasteiger partial charge < -0.3 is 15.1 Å². The van der Waals surface area contributed by atoms with Gasteiger partial charge in [0.2, 0.25) is 5.91 Å². The van der Waals surface area contributed by atoms with Crippen molar-refractivity contribution in [2.75, 3.05) is 45.6 Å². The standard InChI is InChI=1S/C26H34N4O3/c1-4-15-30(19-24(31)27-22-12-8-11-21(18-22)25(32)28(2)3)23-13-16-29(17-14-23)26(33)20-9-6-5-7-10-20/h5-12,18,23H,4,13-17,19H2,1-3H3,(H,27,31). The molecule has 2 aromatic rings. The second-order valence-corrected chi connectivity index (χ2v) is 8.69. The van der Waals surface area contributed by atoms with Crippen molar-refractivity contribution in [2.45, 2.75) is 32.2 Å². The lowest BCUT2D eigenvalue weighted by Gasteiger charge is -2.38. The van der Waals surface area contributed by atoms with Crippen LogP contribution in [0.5, 0.6) is 0 Å². The molecule has 3 amide bonds. The maximum Gasteiger partial charge on any atom is 0.253 e. The minimum absolute atomic E-state index is 0.0704. The van der Waals surface area contributed by atoms with E-state index in [-0.39, 0.29) is 30.3 Å². The molecule has 0 spiro atoms. The number of nitrogens with one attached hydrogen (secondary N) is 1. The summed E-state index contributed by atoms with van der Waals surface area (Å²) >= 11 is 0. The molecule has 2 aromatic carbocycles. The van der Waals surface area contributed by atoms with Gasteiger partial charge in [-0.05, 0) is 56.1 Å². The SMILES string of the molecule is CCCN(CC(=O)Nc1cccc(C(=O)N(C)C)c1)C1CCN(C(=O)c2ccccc2)CC1. The van der Waals surface area contributed by atoms with Crippen LogP contribution in [0.1, 0.15) is 46.9 Å². The number of amides is 3. The average molecular weight is 451 g/mol. The zero-order chi connectivity index (χ0) is 23.8. The van der Waals surface area contributed by atoms with Crippen molar-refractivity contribution in [3.8, 4) is 0 Å². The molecule has 0 bridgehead atoms. The van der Waals surface area contributed by atoms with Crippen LogP contribution in [0.4, 0.5) is 5.69 Å². The highest BCUT2D eigenvalue weighted by atomic mass is 16.2. The van der Waals surface area contributed by atoms with Crippen molar-refractivity contribution in [1.82, 2.24) is 14.7 Å². The van der Waals surface area contributed by atoms with Crippen LogP contribution < -0.4 is 5.32 Å². The number of likely N-dealkylation sites (tertiary alicyclic amines) is 1. The molecule has 176 valence electrons. The predicted octanol–water partition coefficient (Wildman–Crippen LogP) is 3.34. The van der Waals surface area contributed by atoms with Crippen molar-refractivity contribution < 1.29 is 14.4 Å². The van der Waals surface area contributed by atoms with E-state index in [0.717, 1.165) is 31.4 Å². The van der Waals surface area contributed by atoms with Gasteiger partial charge in [0.25, 0.3) is 11.8 Å². The molecule has 0 aliphatic carbocycles. The first kappa shape index (κ1) is 24.5. The molecule has 1 aliphatic heterocycles. The first-order valence-electron chi connectivity index (χ1n) is 11.6. The van der Waals surface area contributed by atoms with Crippen molar-refractivity contribution in [2.24, 2.45) is 0 Å². The molecule has 0 saturated carbocycles. The summed E-state index contributed by atoms with van der Waals surface area (Å²) in [5, 5.41) is 2.94. The highest BCUT2D eigenvalue weighted by Crippen LogP contribution is 2.19. The highest BCUT2D eigenvalue weighted by Gasteiger charge is 2.28. The lowest BCUT2D eigenvalue weighted by molar-refractivity contribution is -0.118. The second-order valence-electron chi connectivity index (χ2n) is 8.69. The first-order chi connectivity index (χ1) is 15.9. The summed E-state index contributed by atoms with van der Waals surface area (Å²) < 4.78 is 0. The minimum Gasteiger partial charge on any atom is -0.345 e. The molecule has 1 aliphatic rings. The number of anilines is 1. The van der Waals surface area contributed by atoms with E-state index in [2.05, 4.69) is 17.1 Å². The molecule has 1 fully saturated rings. The molecule has 0 atom stereocenters. The average Bonchev–Trinajstić information content (AvgIpc) is 2.83. The number of carbonyl (C=O) groups is 3. The lowest BCUT2D eigenvalue weighted by Crippen LogP contribution is -2.49. The van der Waals surface area contributed by atoms with Gasteiger partial charge in [-0.15, -0.1) is 0 Å². The molecule has 1 N–H and O–H groups in total. The molecule has 0 unspecified atom stereocenters. The Hall–Kier alpha value is -3.19. The number of hydrogen-bond acceptors (Lipinski definition) is 4. The fourth-order valence-electron chi connectivity index (χ4n) is 4.25. The van der Waals surface area contributed by atoms with E-state index in [4.69, 9.17) is 0 Å². The van der Waals surface area contributed by atoms with Crippen molar-refractivity contribution >= 4 is 23.4 Å². The molecule has 0 radical (unpaired) electrons. The van der Waals surface area contributed by atoms with Crippen LogP contribution in [-0.4, -0.2) is 78.7 Å². The monoisotopic (exact) mass is 450 g/mol. The summed E-state index contributed by atoms with van der Waals surface area (Å²) in [5.74, 6) is -0.128. The number of piperidine rings is 1. The van der Waals surface area contributed by atoms with Gasteiger partial charge in [0, 0.05) is 50.0 Å². The third-order valence-corrected chi connectivity index (χ3v) is 5.95. The van der Waals surface area contributed by atoms with E-state index >= 15 is 0 Å². The molecule has 1 heterocycles. The number of carbonyl (C=O) groups excluding carboxylic acids is 3. The zero-order valence-electron chi connectivity index (χ0n) is 19.8. The molecule has 7 nitrogen and oxygen atoms in total. The van der Waals surface area contributed by atoms with E-state index in [1.807, 2.05) is 35.2 Å². The molecule has 3 rings (SSSR count). The highest BCUT2D eigenvalue weighted by molar-refractivity contribution is 5.97. The van der Waals surface area contributed by atoms with E-state index in [1.165, 1.54) is 4.90 Å². The van der Waals surface area contributed by atoms with Crippen LogP contribution >= 0.6 is 0 Å².